The molecule has 0 aromatic heterocycles. The molecule has 296 valence electrons. The van der Waals surface area contributed by atoms with Crippen LogP contribution >= 0.6 is 0 Å². The molecular formula is C42H60N4O8. The van der Waals surface area contributed by atoms with Crippen molar-refractivity contribution in [1.29, 1.82) is 0 Å². The molecule has 2 aromatic carbocycles. The van der Waals surface area contributed by atoms with Crippen molar-refractivity contribution < 1.29 is 38.0 Å². The van der Waals surface area contributed by atoms with Crippen molar-refractivity contribution in [2.24, 2.45) is 0 Å². The monoisotopic (exact) mass is 748 g/mol. The van der Waals surface area contributed by atoms with Crippen molar-refractivity contribution in [1.82, 2.24) is 19.6 Å². The molecule has 3 rings (SSSR count). The summed E-state index contributed by atoms with van der Waals surface area (Å²) in [6.45, 7) is 12.7. The van der Waals surface area contributed by atoms with Gasteiger partial charge >= 0.3 is 0 Å². The fourth-order valence-electron chi connectivity index (χ4n) is 6.27. The van der Waals surface area contributed by atoms with Gasteiger partial charge in [0.2, 0.25) is 23.3 Å². The Hall–Kier alpha value is -4.94. The normalized spacial score (nSPS) is 13.9. The molecule has 54 heavy (non-hydrogen) atoms. The molecule has 1 fully saturated rings. The second-order valence-electron chi connectivity index (χ2n) is 12.6. The van der Waals surface area contributed by atoms with Crippen LogP contribution in [0.3, 0.4) is 0 Å². The number of hydrogen-bond donors (Lipinski definition) is 0. The number of methoxy groups -OCH3 is 6. The Kier molecular flexibility index (Phi) is 19.1. The molecule has 0 unspecified atom stereocenters. The summed E-state index contributed by atoms with van der Waals surface area (Å²) in [6, 6.07) is 7.43. The second-order valence-corrected chi connectivity index (χ2v) is 12.6. The molecule has 12 heteroatoms. The number of likely N-dealkylation sites (N-methyl/N-ethyl adjacent to an activating group) is 2. The summed E-state index contributed by atoms with van der Waals surface area (Å²) >= 11 is 0. The summed E-state index contributed by atoms with van der Waals surface area (Å²) in [7, 11) is 9.48. The van der Waals surface area contributed by atoms with Gasteiger partial charge in [0.15, 0.2) is 23.0 Å². The predicted molar refractivity (Wildman–Crippen MR) is 215 cm³/mol. The van der Waals surface area contributed by atoms with Crippen molar-refractivity contribution in [3.8, 4) is 34.5 Å². The Morgan fingerprint density at radius 1 is 0.556 bits per heavy atom. The third kappa shape index (κ3) is 13.2. The molecule has 0 bridgehead atoms. The highest BCUT2D eigenvalue weighted by molar-refractivity contribution is 5.88. The van der Waals surface area contributed by atoms with E-state index in [4.69, 9.17) is 28.4 Å². The zero-order valence-electron chi connectivity index (χ0n) is 33.5. The van der Waals surface area contributed by atoms with Gasteiger partial charge in [-0.2, -0.15) is 0 Å². The molecule has 2 amide bonds. The maximum atomic E-state index is 12.9. The molecule has 0 radical (unpaired) electrons. The summed E-state index contributed by atoms with van der Waals surface area (Å²) in [5, 5.41) is 0. The Balaban J connectivity index is 1.36. The number of allylic oxidation sites excluding steroid dienone is 4. The van der Waals surface area contributed by atoms with E-state index in [1.807, 2.05) is 72.2 Å². The Morgan fingerprint density at radius 3 is 1.17 bits per heavy atom. The summed E-state index contributed by atoms with van der Waals surface area (Å²) < 4.78 is 32.4. The number of piperazine rings is 1. The van der Waals surface area contributed by atoms with Crippen LogP contribution in [0.4, 0.5) is 0 Å². The van der Waals surface area contributed by atoms with Gasteiger partial charge in [0.25, 0.3) is 0 Å². The number of carbonyl (C=O) groups is 2. The molecule has 0 aliphatic carbocycles. The SMILES string of the molecule is CCN(CCCN1CCN(CCCN(CC)C(=O)/C=C/C=C/c2cc(OC)c(OC)c(OC)c2)CC1)C(=O)/C=C/C=C/c1cc(OC)c(OC)c(OC)c1. The van der Waals surface area contributed by atoms with E-state index in [2.05, 4.69) is 9.80 Å². The minimum atomic E-state index is -0.000860. The van der Waals surface area contributed by atoms with Crippen LogP contribution in [0.15, 0.2) is 60.7 Å². The van der Waals surface area contributed by atoms with Crippen molar-refractivity contribution in [3.63, 3.8) is 0 Å². The first kappa shape index (κ1) is 43.5. The molecule has 1 aliphatic rings. The van der Waals surface area contributed by atoms with E-state index in [-0.39, 0.29) is 11.8 Å². The van der Waals surface area contributed by atoms with E-state index in [0.717, 1.165) is 63.2 Å². The van der Waals surface area contributed by atoms with Crippen LogP contribution in [0.2, 0.25) is 0 Å². The first-order valence-corrected chi connectivity index (χ1v) is 18.6. The van der Waals surface area contributed by atoms with Crippen LogP contribution in [0, 0.1) is 0 Å². The first-order chi connectivity index (χ1) is 26.2. The van der Waals surface area contributed by atoms with E-state index < -0.39 is 0 Å². The number of rotatable bonds is 22. The Bertz CT molecular complexity index is 1430. The van der Waals surface area contributed by atoms with Gasteiger partial charge in [0.1, 0.15) is 0 Å². The molecule has 0 saturated carbocycles. The maximum Gasteiger partial charge on any atom is 0.246 e. The van der Waals surface area contributed by atoms with Crippen LogP contribution < -0.4 is 28.4 Å². The van der Waals surface area contributed by atoms with Crippen LogP contribution in [0.1, 0.15) is 37.8 Å². The number of hydrogen-bond acceptors (Lipinski definition) is 10. The summed E-state index contributed by atoms with van der Waals surface area (Å²) in [4.78, 5) is 34.4. The lowest BCUT2D eigenvalue weighted by Crippen LogP contribution is -2.47. The van der Waals surface area contributed by atoms with E-state index in [1.165, 1.54) is 0 Å². The fraction of sp³-hybridized carbons (Fsp3) is 0.476. The van der Waals surface area contributed by atoms with E-state index in [9.17, 15) is 9.59 Å². The molecule has 0 spiro atoms. The van der Waals surface area contributed by atoms with Crippen LogP contribution in [0.25, 0.3) is 12.2 Å². The number of ether oxygens (including phenoxy) is 6. The fourth-order valence-corrected chi connectivity index (χ4v) is 6.27. The maximum absolute atomic E-state index is 12.9. The average molecular weight is 749 g/mol. The summed E-state index contributed by atoms with van der Waals surface area (Å²) in [5.74, 6) is 3.38. The predicted octanol–water partition coefficient (Wildman–Crippen LogP) is 5.67. The summed E-state index contributed by atoms with van der Waals surface area (Å²) in [6.07, 6.45) is 16.0. The molecule has 1 saturated heterocycles. The molecule has 1 heterocycles. The van der Waals surface area contributed by atoms with Gasteiger partial charge in [-0.1, -0.05) is 36.5 Å². The van der Waals surface area contributed by atoms with Gasteiger partial charge < -0.3 is 48.0 Å². The van der Waals surface area contributed by atoms with E-state index in [0.29, 0.717) is 60.7 Å². The van der Waals surface area contributed by atoms with Crippen LogP contribution in [-0.2, 0) is 9.59 Å². The number of benzene rings is 2. The lowest BCUT2D eigenvalue weighted by molar-refractivity contribution is -0.126. The van der Waals surface area contributed by atoms with Crippen LogP contribution in [-0.4, -0.2) is 140 Å². The van der Waals surface area contributed by atoms with Gasteiger partial charge in [0.05, 0.1) is 42.7 Å². The minimum Gasteiger partial charge on any atom is -0.493 e. The van der Waals surface area contributed by atoms with Crippen LogP contribution in [0.5, 0.6) is 34.5 Å². The molecular weight excluding hydrogens is 688 g/mol. The highest BCUT2D eigenvalue weighted by Crippen LogP contribution is 2.39. The third-order valence-electron chi connectivity index (χ3n) is 9.31. The van der Waals surface area contributed by atoms with Crippen molar-refractivity contribution in [2.45, 2.75) is 26.7 Å². The van der Waals surface area contributed by atoms with Crippen molar-refractivity contribution in [2.75, 3.05) is 108 Å². The molecule has 2 aromatic rings. The smallest absolute Gasteiger partial charge is 0.246 e. The molecule has 0 atom stereocenters. The van der Waals surface area contributed by atoms with Crippen molar-refractivity contribution >= 4 is 24.0 Å². The standard InChI is InChI=1S/C42H60N4O8/c1-9-45(39(47)19-13-11-17-33-29-35(49-3)41(53-7)36(30-33)50-4)23-15-21-43-25-27-44(28-26-43)22-16-24-46(10-2)40(48)20-14-12-18-34-31-37(51-5)42(54-8)38(32-34)52-6/h11-14,17-20,29-32H,9-10,15-16,21-28H2,1-8H3/b17-11+,18-12+,19-13+,20-14+. The molecule has 12 nitrogen and oxygen atoms in total. The largest absolute Gasteiger partial charge is 0.493 e. The van der Waals surface area contributed by atoms with E-state index in [1.54, 1.807) is 67.0 Å². The Labute approximate surface area is 322 Å². The lowest BCUT2D eigenvalue weighted by atomic mass is 10.1. The minimum absolute atomic E-state index is 0.000860. The quantitative estimate of drug-likeness (QED) is 0.111. The topological polar surface area (TPSA) is 102 Å². The molecule has 1 aliphatic heterocycles. The molecule has 0 N–H and O–H groups in total. The van der Waals surface area contributed by atoms with Gasteiger partial charge in [0, 0.05) is 64.5 Å². The zero-order chi connectivity index (χ0) is 39.3. The van der Waals surface area contributed by atoms with Gasteiger partial charge in [-0.25, -0.2) is 0 Å². The first-order valence-electron chi connectivity index (χ1n) is 18.6. The number of carbonyl (C=O) groups excluding carboxylic acids is 2. The Morgan fingerprint density at radius 2 is 0.889 bits per heavy atom. The summed E-state index contributed by atoms with van der Waals surface area (Å²) in [5.41, 5.74) is 1.74. The average Bonchev–Trinajstić information content (AvgIpc) is 3.20. The van der Waals surface area contributed by atoms with Gasteiger partial charge in [-0.3, -0.25) is 9.59 Å². The second kappa shape index (κ2) is 23.7. The highest BCUT2D eigenvalue weighted by Gasteiger charge is 2.18. The number of nitrogens with zero attached hydrogens (tertiary/aromatic N) is 4. The van der Waals surface area contributed by atoms with Gasteiger partial charge in [-0.15, -0.1) is 0 Å². The zero-order valence-corrected chi connectivity index (χ0v) is 33.5. The lowest BCUT2D eigenvalue weighted by Gasteiger charge is -2.35. The van der Waals surface area contributed by atoms with Crippen molar-refractivity contribution in [3.05, 3.63) is 71.8 Å². The van der Waals surface area contributed by atoms with E-state index >= 15 is 0 Å². The number of amides is 2. The highest BCUT2D eigenvalue weighted by atomic mass is 16.5. The third-order valence-corrected chi connectivity index (χ3v) is 9.31. The van der Waals surface area contributed by atoms with Gasteiger partial charge in [-0.05, 0) is 75.2 Å².